The molecule has 0 amide bonds. The highest BCUT2D eigenvalue weighted by Crippen LogP contribution is 2.36. The molecule has 1 saturated carbocycles. The second kappa shape index (κ2) is 9.73. The molecule has 0 heterocycles. The molecule has 0 radical (unpaired) electrons. The first kappa shape index (κ1) is 17.9. The van der Waals surface area contributed by atoms with Crippen LogP contribution in [0.1, 0.15) is 66.7 Å². The number of carbonyl (C=O) groups excluding carboxylic acids is 1. The molecule has 1 aliphatic rings. The Kier molecular flexibility index (Phi) is 10.9. The van der Waals surface area contributed by atoms with Crippen LogP contribution in [0.25, 0.3) is 0 Å². The number of Topliss-reactive ketones (excluding diaryl/α,β-unsaturated/α-hetero) is 1. The van der Waals surface area contributed by atoms with Gasteiger partial charge in [-0.1, -0.05) is 34.6 Å². The number of hydrogen-bond donors (Lipinski definition) is 0. The highest BCUT2D eigenvalue weighted by molar-refractivity contribution is 5.80. The van der Waals surface area contributed by atoms with Gasteiger partial charge in [0.05, 0.1) is 0 Å². The van der Waals surface area contributed by atoms with Crippen molar-refractivity contribution in [1.82, 2.24) is 0 Å². The van der Waals surface area contributed by atoms with Crippen LogP contribution in [-0.2, 0) is 4.79 Å². The first-order valence-corrected chi connectivity index (χ1v) is 6.46. The third-order valence-electron chi connectivity index (χ3n) is 2.52. The molecule has 0 aromatic heterocycles. The van der Waals surface area contributed by atoms with Gasteiger partial charge in [0.1, 0.15) is 5.78 Å². The summed E-state index contributed by atoms with van der Waals surface area (Å²) in [6, 6.07) is 0. The fourth-order valence-corrected chi connectivity index (χ4v) is 1.65. The molecule has 0 N–H and O–H groups in total. The molecule has 0 aliphatic heterocycles. The van der Waals surface area contributed by atoms with Crippen LogP contribution in [0.15, 0.2) is 0 Å². The molecule has 0 aromatic rings. The molecule has 0 aromatic carbocycles. The van der Waals surface area contributed by atoms with E-state index >= 15 is 0 Å². The third-order valence-corrected chi connectivity index (χ3v) is 2.52. The monoisotopic (exact) mass is 236 g/mol. The predicted molar refractivity (Wildman–Crippen MR) is 64.9 cm³/mol. The number of rotatable bonds is 2. The molecule has 0 unspecified atom stereocenters. The zero-order valence-corrected chi connectivity index (χ0v) is 11.3. The maximum absolute atomic E-state index is 12.6. The summed E-state index contributed by atoms with van der Waals surface area (Å²) in [5.41, 5.74) is 0. The number of alkyl halides is 2. The topological polar surface area (TPSA) is 17.1 Å². The Morgan fingerprint density at radius 2 is 1.50 bits per heavy atom. The van der Waals surface area contributed by atoms with Gasteiger partial charge < -0.3 is 0 Å². The Morgan fingerprint density at radius 1 is 1.12 bits per heavy atom. The minimum Gasteiger partial charge on any atom is -0.299 e. The normalized spacial score (nSPS) is 18.7. The Hall–Kier alpha value is -0.470. The maximum atomic E-state index is 12.6. The number of hydrogen-bond acceptors (Lipinski definition) is 1. The quantitative estimate of drug-likeness (QED) is 0.670. The van der Waals surface area contributed by atoms with E-state index in [1.807, 2.05) is 27.7 Å². The standard InChI is InChI=1S/C9H14F2O.2C2H6/c1-2-8(12)7-3-5-9(10,11)6-4-7;2*1-2/h7H,2-6H2,1H3;2*1-2H3. The highest BCUT2D eigenvalue weighted by atomic mass is 19.3. The average molecular weight is 236 g/mol. The van der Waals surface area contributed by atoms with Crippen LogP contribution < -0.4 is 0 Å². The van der Waals surface area contributed by atoms with Crippen LogP contribution in [0.3, 0.4) is 0 Å². The van der Waals surface area contributed by atoms with E-state index in [2.05, 4.69) is 0 Å². The van der Waals surface area contributed by atoms with E-state index in [1.165, 1.54) is 0 Å². The molecule has 0 atom stereocenters. The van der Waals surface area contributed by atoms with Gasteiger partial charge >= 0.3 is 0 Å². The zero-order chi connectivity index (χ0) is 13.2. The van der Waals surface area contributed by atoms with Crippen molar-refractivity contribution in [3.8, 4) is 0 Å². The van der Waals surface area contributed by atoms with Crippen LogP contribution in [0.5, 0.6) is 0 Å². The van der Waals surface area contributed by atoms with Gasteiger partial charge in [0.15, 0.2) is 0 Å². The largest absolute Gasteiger partial charge is 0.299 e. The molecule has 3 heteroatoms. The molecule has 0 bridgehead atoms. The van der Waals surface area contributed by atoms with Crippen molar-refractivity contribution in [3.63, 3.8) is 0 Å². The van der Waals surface area contributed by atoms with Gasteiger partial charge in [-0.15, -0.1) is 0 Å². The molecule has 98 valence electrons. The lowest BCUT2D eigenvalue weighted by Crippen LogP contribution is -2.28. The Balaban J connectivity index is 0. The molecule has 1 rings (SSSR count). The fourth-order valence-electron chi connectivity index (χ4n) is 1.65. The van der Waals surface area contributed by atoms with Crippen molar-refractivity contribution >= 4 is 5.78 Å². The van der Waals surface area contributed by atoms with Crippen LogP contribution >= 0.6 is 0 Å². The van der Waals surface area contributed by atoms with Gasteiger partial charge in [-0.05, 0) is 12.8 Å². The highest BCUT2D eigenvalue weighted by Gasteiger charge is 2.36. The minimum atomic E-state index is -2.51. The molecular formula is C13H26F2O. The Morgan fingerprint density at radius 3 is 1.81 bits per heavy atom. The fraction of sp³-hybridized carbons (Fsp3) is 0.923. The molecular weight excluding hydrogens is 210 g/mol. The molecule has 1 fully saturated rings. The first-order chi connectivity index (χ1) is 7.55. The summed E-state index contributed by atoms with van der Waals surface area (Å²) in [6.07, 6.45) is 1.02. The van der Waals surface area contributed by atoms with E-state index in [0.29, 0.717) is 19.3 Å². The zero-order valence-electron chi connectivity index (χ0n) is 11.3. The summed E-state index contributed by atoms with van der Waals surface area (Å²) in [5.74, 6) is -2.45. The van der Waals surface area contributed by atoms with Gasteiger partial charge in [-0.2, -0.15) is 0 Å². The van der Waals surface area contributed by atoms with E-state index in [9.17, 15) is 13.6 Å². The van der Waals surface area contributed by atoms with Crippen molar-refractivity contribution in [2.45, 2.75) is 72.6 Å². The molecule has 1 aliphatic carbocycles. The summed E-state index contributed by atoms with van der Waals surface area (Å²) in [6.45, 7) is 9.79. The SMILES string of the molecule is CC.CC.CCC(=O)C1CCC(F)(F)CC1. The van der Waals surface area contributed by atoms with Crippen molar-refractivity contribution in [1.29, 1.82) is 0 Å². The summed E-state index contributed by atoms with van der Waals surface area (Å²) in [5, 5.41) is 0. The molecule has 16 heavy (non-hydrogen) atoms. The van der Waals surface area contributed by atoms with Crippen molar-refractivity contribution in [2.75, 3.05) is 0 Å². The average Bonchev–Trinajstić information content (AvgIpc) is 2.33. The summed E-state index contributed by atoms with van der Waals surface area (Å²) < 4.78 is 25.3. The lowest BCUT2D eigenvalue weighted by Gasteiger charge is -2.26. The van der Waals surface area contributed by atoms with E-state index in [0.717, 1.165) is 0 Å². The lowest BCUT2D eigenvalue weighted by atomic mass is 9.83. The number of ketones is 1. The Labute approximate surface area is 98.6 Å². The second-order valence-electron chi connectivity index (χ2n) is 3.45. The maximum Gasteiger partial charge on any atom is 0.248 e. The van der Waals surface area contributed by atoms with Gasteiger partial charge in [-0.3, -0.25) is 4.79 Å². The van der Waals surface area contributed by atoms with Crippen LogP contribution in [-0.4, -0.2) is 11.7 Å². The number of carbonyl (C=O) groups is 1. The number of halogens is 2. The lowest BCUT2D eigenvalue weighted by molar-refractivity contribution is -0.126. The van der Waals surface area contributed by atoms with Gasteiger partial charge in [0.25, 0.3) is 0 Å². The van der Waals surface area contributed by atoms with Gasteiger partial charge in [0.2, 0.25) is 5.92 Å². The van der Waals surface area contributed by atoms with Crippen LogP contribution in [0, 0.1) is 5.92 Å². The Bertz CT molecular complexity index is 169. The smallest absolute Gasteiger partial charge is 0.248 e. The molecule has 0 spiro atoms. The minimum absolute atomic E-state index is 0.0883. The van der Waals surface area contributed by atoms with E-state index in [4.69, 9.17) is 0 Å². The summed E-state index contributed by atoms with van der Waals surface area (Å²) >= 11 is 0. The third kappa shape index (κ3) is 6.91. The van der Waals surface area contributed by atoms with E-state index < -0.39 is 5.92 Å². The molecule has 1 nitrogen and oxygen atoms in total. The van der Waals surface area contributed by atoms with E-state index in [1.54, 1.807) is 6.92 Å². The molecule has 0 saturated heterocycles. The van der Waals surface area contributed by atoms with Crippen molar-refractivity contribution < 1.29 is 13.6 Å². The van der Waals surface area contributed by atoms with Crippen molar-refractivity contribution in [2.24, 2.45) is 5.92 Å². The van der Waals surface area contributed by atoms with Crippen molar-refractivity contribution in [3.05, 3.63) is 0 Å². The van der Waals surface area contributed by atoms with E-state index in [-0.39, 0.29) is 24.5 Å². The van der Waals surface area contributed by atoms with Crippen LogP contribution in [0.4, 0.5) is 8.78 Å². The van der Waals surface area contributed by atoms with Crippen LogP contribution in [0.2, 0.25) is 0 Å². The summed E-state index contributed by atoms with van der Waals surface area (Å²) in [4.78, 5) is 11.1. The first-order valence-electron chi connectivity index (χ1n) is 6.46. The van der Waals surface area contributed by atoms with Gasteiger partial charge in [-0.25, -0.2) is 8.78 Å². The summed E-state index contributed by atoms with van der Waals surface area (Å²) in [7, 11) is 0. The van der Waals surface area contributed by atoms with Gasteiger partial charge in [0, 0.05) is 25.2 Å². The second-order valence-corrected chi connectivity index (χ2v) is 3.45. The predicted octanol–water partition coefficient (Wildman–Crippen LogP) is 4.84.